The third-order valence-corrected chi connectivity index (χ3v) is 2.26. The van der Waals surface area contributed by atoms with E-state index in [2.05, 4.69) is 4.98 Å². The molecule has 0 aromatic carbocycles. The molecule has 0 spiro atoms. The van der Waals surface area contributed by atoms with Crippen molar-refractivity contribution >= 4 is 11.1 Å². The molecule has 1 aromatic heterocycles. The Hall–Kier alpha value is -0.940. The summed E-state index contributed by atoms with van der Waals surface area (Å²) in [6, 6.07) is 1.72. The maximum atomic E-state index is 10.6. The second-order valence-electron chi connectivity index (χ2n) is 2.55. The lowest BCUT2D eigenvalue weighted by atomic mass is 10.2. The van der Waals surface area contributed by atoms with Crippen molar-refractivity contribution in [2.75, 3.05) is 7.11 Å². The molecular formula is C8H11NO3S. The van der Waals surface area contributed by atoms with Gasteiger partial charge in [-0.3, -0.25) is 4.98 Å². The predicted octanol–water partition coefficient (Wildman–Crippen LogP) is 1.12. The lowest BCUT2D eigenvalue weighted by molar-refractivity contribution is 0.410. The van der Waals surface area contributed by atoms with Gasteiger partial charge >= 0.3 is 0 Å². The van der Waals surface area contributed by atoms with Gasteiger partial charge in [0.15, 0.2) is 11.1 Å². The van der Waals surface area contributed by atoms with Crippen LogP contribution in [0.3, 0.4) is 0 Å². The van der Waals surface area contributed by atoms with Gasteiger partial charge in [0.05, 0.1) is 18.6 Å². The number of hydrogen-bond acceptors (Lipinski definition) is 3. The lowest BCUT2D eigenvalue weighted by Crippen LogP contribution is -2.00. The van der Waals surface area contributed by atoms with Crippen LogP contribution in [0.25, 0.3) is 0 Å². The van der Waals surface area contributed by atoms with Crippen LogP contribution >= 0.6 is 0 Å². The van der Waals surface area contributed by atoms with Gasteiger partial charge in [0, 0.05) is 11.8 Å². The third-order valence-electron chi connectivity index (χ3n) is 1.74. The van der Waals surface area contributed by atoms with Crippen molar-refractivity contribution in [3.63, 3.8) is 0 Å². The van der Waals surface area contributed by atoms with Crippen LogP contribution in [0.5, 0.6) is 5.75 Å². The lowest BCUT2D eigenvalue weighted by Gasteiger charge is -2.06. The van der Waals surface area contributed by atoms with Gasteiger partial charge in [-0.2, -0.15) is 0 Å². The quantitative estimate of drug-likeness (QED) is 0.744. The van der Waals surface area contributed by atoms with E-state index in [4.69, 9.17) is 9.29 Å². The van der Waals surface area contributed by atoms with Gasteiger partial charge in [-0.05, 0) is 13.0 Å². The zero-order valence-electron chi connectivity index (χ0n) is 7.48. The van der Waals surface area contributed by atoms with Crippen molar-refractivity contribution in [2.24, 2.45) is 0 Å². The first-order valence-corrected chi connectivity index (χ1v) is 4.98. The second kappa shape index (κ2) is 4.34. The number of hydrogen-bond donors (Lipinski definition) is 1. The van der Waals surface area contributed by atoms with E-state index < -0.39 is 11.1 Å². The molecule has 1 rings (SSSR count). The Kier molecular flexibility index (Phi) is 3.39. The van der Waals surface area contributed by atoms with E-state index in [1.165, 1.54) is 0 Å². The fraction of sp³-hybridized carbons (Fsp3) is 0.375. The Balaban J connectivity index is 3.01. The van der Waals surface area contributed by atoms with Crippen molar-refractivity contribution in [1.82, 2.24) is 4.98 Å². The first-order chi connectivity index (χ1) is 6.15. The smallest absolute Gasteiger partial charge is 0.158 e. The molecule has 0 radical (unpaired) electrons. The first kappa shape index (κ1) is 10.1. The zero-order valence-corrected chi connectivity index (χ0v) is 8.30. The molecule has 5 heteroatoms. The van der Waals surface area contributed by atoms with Gasteiger partial charge in [-0.25, -0.2) is 4.21 Å². The molecular weight excluding hydrogens is 190 g/mol. The highest BCUT2D eigenvalue weighted by Crippen LogP contribution is 2.19. The molecule has 0 saturated heterocycles. The standard InChI is InChI=1S/C8H11NO3S/c1-6-7(5-13(10)11)9-4-3-8(6)12-2/h3-4H,5H2,1-2H3,(H,10,11). The molecule has 0 bridgehead atoms. The van der Waals surface area contributed by atoms with Gasteiger partial charge in [0.2, 0.25) is 0 Å². The summed E-state index contributed by atoms with van der Waals surface area (Å²) >= 11 is -1.86. The summed E-state index contributed by atoms with van der Waals surface area (Å²) in [5.41, 5.74) is 1.41. The van der Waals surface area contributed by atoms with Crippen LogP contribution in [-0.4, -0.2) is 20.9 Å². The number of ether oxygens (including phenoxy) is 1. The number of aromatic nitrogens is 1. The average Bonchev–Trinajstić information content (AvgIpc) is 2.08. The van der Waals surface area contributed by atoms with E-state index in [1.54, 1.807) is 19.4 Å². The molecule has 1 N–H and O–H groups in total. The van der Waals surface area contributed by atoms with Crippen molar-refractivity contribution in [3.05, 3.63) is 23.5 Å². The topological polar surface area (TPSA) is 59.4 Å². The molecule has 0 aliphatic rings. The Morgan fingerprint density at radius 2 is 2.38 bits per heavy atom. The SMILES string of the molecule is COc1ccnc(CS(=O)O)c1C. The van der Waals surface area contributed by atoms with E-state index in [0.29, 0.717) is 11.4 Å². The van der Waals surface area contributed by atoms with Gasteiger partial charge in [0.1, 0.15) is 5.75 Å². The van der Waals surface area contributed by atoms with Gasteiger partial charge in [-0.1, -0.05) is 0 Å². The number of nitrogens with zero attached hydrogens (tertiary/aromatic N) is 1. The highest BCUT2D eigenvalue weighted by molar-refractivity contribution is 7.78. The van der Waals surface area contributed by atoms with Crippen LogP contribution < -0.4 is 4.74 Å². The monoisotopic (exact) mass is 201 g/mol. The van der Waals surface area contributed by atoms with Crippen LogP contribution in [0.2, 0.25) is 0 Å². The molecule has 13 heavy (non-hydrogen) atoms. The minimum Gasteiger partial charge on any atom is -0.496 e. The molecule has 72 valence electrons. The summed E-state index contributed by atoms with van der Waals surface area (Å²) < 4.78 is 24.3. The third kappa shape index (κ3) is 2.50. The summed E-state index contributed by atoms with van der Waals surface area (Å²) in [6.45, 7) is 1.81. The molecule has 4 nitrogen and oxygen atoms in total. The summed E-state index contributed by atoms with van der Waals surface area (Å²) in [4.78, 5) is 3.99. The van der Waals surface area contributed by atoms with Gasteiger partial charge in [0.25, 0.3) is 0 Å². The molecule has 1 unspecified atom stereocenters. The molecule has 0 amide bonds. The largest absolute Gasteiger partial charge is 0.496 e. The summed E-state index contributed by atoms with van der Waals surface area (Å²) in [7, 11) is 1.56. The molecule has 1 atom stereocenters. The molecule has 0 saturated carbocycles. The zero-order chi connectivity index (χ0) is 9.84. The van der Waals surface area contributed by atoms with Gasteiger partial charge < -0.3 is 9.29 Å². The Morgan fingerprint density at radius 3 is 2.92 bits per heavy atom. The Morgan fingerprint density at radius 1 is 1.69 bits per heavy atom. The number of rotatable bonds is 3. The van der Waals surface area contributed by atoms with Crippen molar-refractivity contribution in [1.29, 1.82) is 0 Å². The maximum Gasteiger partial charge on any atom is 0.158 e. The Bertz CT molecular complexity index is 327. The van der Waals surface area contributed by atoms with E-state index in [-0.39, 0.29) is 5.75 Å². The van der Waals surface area contributed by atoms with Crippen LogP contribution in [0.4, 0.5) is 0 Å². The van der Waals surface area contributed by atoms with Crippen molar-refractivity contribution in [2.45, 2.75) is 12.7 Å². The van der Waals surface area contributed by atoms with E-state index in [1.807, 2.05) is 6.92 Å². The fourth-order valence-electron chi connectivity index (χ4n) is 1.04. The summed E-state index contributed by atoms with van der Waals surface area (Å²) in [6.07, 6.45) is 1.56. The van der Waals surface area contributed by atoms with E-state index in [0.717, 1.165) is 5.56 Å². The minimum atomic E-state index is -1.86. The van der Waals surface area contributed by atoms with E-state index >= 15 is 0 Å². The molecule has 0 aliphatic carbocycles. The highest BCUT2D eigenvalue weighted by atomic mass is 32.2. The minimum absolute atomic E-state index is 0.0447. The van der Waals surface area contributed by atoms with E-state index in [9.17, 15) is 4.21 Å². The average molecular weight is 201 g/mol. The predicted molar refractivity (Wildman–Crippen MR) is 50.0 cm³/mol. The number of methoxy groups -OCH3 is 1. The van der Waals surface area contributed by atoms with Crippen molar-refractivity contribution < 1.29 is 13.5 Å². The molecule has 1 heterocycles. The maximum absolute atomic E-state index is 10.6. The van der Waals surface area contributed by atoms with Crippen LogP contribution in [-0.2, 0) is 16.8 Å². The Labute approximate surface area is 79.2 Å². The molecule has 0 aliphatic heterocycles. The van der Waals surface area contributed by atoms with Crippen LogP contribution in [0.1, 0.15) is 11.3 Å². The van der Waals surface area contributed by atoms with Crippen LogP contribution in [0, 0.1) is 6.92 Å². The molecule has 1 aromatic rings. The normalized spacial score (nSPS) is 12.5. The van der Waals surface area contributed by atoms with Gasteiger partial charge in [-0.15, -0.1) is 0 Å². The van der Waals surface area contributed by atoms with Crippen molar-refractivity contribution in [3.8, 4) is 5.75 Å². The first-order valence-electron chi connectivity index (χ1n) is 3.71. The highest BCUT2D eigenvalue weighted by Gasteiger charge is 2.07. The van der Waals surface area contributed by atoms with Crippen LogP contribution in [0.15, 0.2) is 12.3 Å². The molecule has 0 fully saturated rings. The summed E-state index contributed by atoms with van der Waals surface area (Å²) in [5.74, 6) is 0.735. The number of pyridine rings is 1. The second-order valence-corrected chi connectivity index (χ2v) is 3.48. The fourth-order valence-corrected chi connectivity index (χ4v) is 1.57. The summed E-state index contributed by atoms with van der Waals surface area (Å²) in [5, 5.41) is 0.